The summed E-state index contributed by atoms with van der Waals surface area (Å²) in [4.78, 5) is 4.50. The number of amidine groups is 1. The number of hydrogen-bond donors (Lipinski definition) is 1. The molecule has 1 N–H and O–H groups in total. The summed E-state index contributed by atoms with van der Waals surface area (Å²) in [6.07, 6.45) is 9.55. The molecule has 1 fully saturated rings. The van der Waals surface area contributed by atoms with Gasteiger partial charge in [-0.15, -0.1) is 0 Å². The van der Waals surface area contributed by atoms with E-state index in [9.17, 15) is 0 Å². The summed E-state index contributed by atoms with van der Waals surface area (Å²) in [6.45, 7) is 2.23. The highest BCUT2D eigenvalue weighted by atomic mass is 15.0. The third-order valence-corrected chi connectivity index (χ3v) is 3.19. The molecule has 2 rings (SSSR count). The molecule has 74 valence electrons. The Kier molecular flexibility index (Phi) is 3.22. The molecule has 0 bridgehead atoms. The van der Waals surface area contributed by atoms with Crippen LogP contribution in [0.25, 0.3) is 0 Å². The summed E-state index contributed by atoms with van der Waals surface area (Å²) in [7, 11) is 0. The molecule has 0 spiro atoms. The van der Waals surface area contributed by atoms with Crippen LogP contribution in [0.5, 0.6) is 0 Å². The Balaban J connectivity index is 1.68. The van der Waals surface area contributed by atoms with E-state index in [1.54, 1.807) is 0 Å². The van der Waals surface area contributed by atoms with Crippen molar-refractivity contribution >= 4 is 5.84 Å². The third-order valence-electron chi connectivity index (χ3n) is 3.19. The Labute approximate surface area is 80.8 Å². The van der Waals surface area contributed by atoms with Crippen LogP contribution in [0, 0.1) is 5.92 Å². The first-order valence-electron chi connectivity index (χ1n) is 5.72. The largest absolute Gasteiger partial charge is 0.374 e. The molecule has 0 aromatic heterocycles. The van der Waals surface area contributed by atoms with Gasteiger partial charge in [0.1, 0.15) is 0 Å². The van der Waals surface area contributed by atoms with Gasteiger partial charge in [0, 0.05) is 19.5 Å². The topological polar surface area (TPSA) is 24.4 Å². The lowest BCUT2D eigenvalue weighted by molar-refractivity contribution is 0.529. The molecule has 0 amide bonds. The van der Waals surface area contributed by atoms with Gasteiger partial charge in [0.2, 0.25) is 0 Å². The van der Waals surface area contributed by atoms with E-state index >= 15 is 0 Å². The Morgan fingerprint density at radius 1 is 1.15 bits per heavy atom. The van der Waals surface area contributed by atoms with Crippen LogP contribution in [0.3, 0.4) is 0 Å². The fourth-order valence-electron chi connectivity index (χ4n) is 2.32. The molecule has 1 aliphatic heterocycles. The Bertz CT molecular complexity index is 181. The molecule has 1 aliphatic carbocycles. The van der Waals surface area contributed by atoms with Crippen molar-refractivity contribution in [1.29, 1.82) is 0 Å². The maximum absolute atomic E-state index is 4.50. The van der Waals surface area contributed by atoms with Gasteiger partial charge < -0.3 is 5.32 Å². The van der Waals surface area contributed by atoms with Crippen molar-refractivity contribution in [3.63, 3.8) is 0 Å². The second-order valence-electron chi connectivity index (χ2n) is 4.32. The molecule has 0 aromatic rings. The van der Waals surface area contributed by atoms with Crippen molar-refractivity contribution in [2.45, 2.75) is 44.9 Å². The molecule has 0 aromatic carbocycles. The fraction of sp³-hybridized carbons (Fsp3) is 0.909. The van der Waals surface area contributed by atoms with E-state index in [0.29, 0.717) is 0 Å². The molecular weight excluding hydrogens is 160 g/mol. The molecule has 1 heterocycles. The summed E-state index contributed by atoms with van der Waals surface area (Å²) in [5.41, 5.74) is 0. The third kappa shape index (κ3) is 2.71. The van der Waals surface area contributed by atoms with Gasteiger partial charge in [0.05, 0.1) is 5.84 Å². The van der Waals surface area contributed by atoms with Crippen LogP contribution in [-0.4, -0.2) is 18.9 Å². The van der Waals surface area contributed by atoms with Gasteiger partial charge in [-0.1, -0.05) is 12.8 Å². The summed E-state index contributed by atoms with van der Waals surface area (Å²) in [5, 5.41) is 3.51. The first-order valence-corrected chi connectivity index (χ1v) is 5.72. The first-order chi connectivity index (χ1) is 6.45. The lowest BCUT2D eigenvalue weighted by atomic mass is 10.1. The van der Waals surface area contributed by atoms with Crippen molar-refractivity contribution in [1.82, 2.24) is 5.32 Å². The van der Waals surface area contributed by atoms with Gasteiger partial charge in [-0.05, 0) is 31.6 Å². The SMILES string of the molecule is C1CCC(NCC2CCCC2)=NC1. The molecule has 13 heavy (non-hydrogen) atoms. The van der Waals surface area contributed by atoms with Crippen molar-refractivity contribution in [2.24, 2.45) is 10.9 Å². The number of nitrogens with zero attached hydrogens (tertiary/aromatic N) is 1. The van der Waals surface area contributed by atoms with Crippen molar-refractivity contribution < 1.29 is 0 Å². The Morgan fingerprint density at radius 3 is 2.69 bits per heavy atom. The average Bonchev–Trinajstić information content (AvgIpc) is 2.69. The summed E-state index contributed by atoms with van der Waals surface area (Å²) in [5.74, 6) is 2.21. The van der Waals surface area contributed by atoms with E-state index in [1.807, 2.05) is 0 Å². The molecule has 0 saturated heterocycles. The summed E-state index contributed by atoms with van der Waals surface area (Å²) >= 11 is 0. The van der Waals surface area contributed by atoms with Crippen molar-refractivity contribution in [2.75, 3.05) is 13.1 Å². The number of hydrogen-bond acceptors (Lipinski definition) is 2. The monoisotopic (exact) mass is 180 g/mol. The van der Waals surface area contributed by atoms with Gasteiger partial charge in [-0.25, -0.2) is 0 Å². The maximum atomic E-state index is 4.50. The van der Waals surface area contributed by atoms with Gasteiger partial charge >= 0.3 is 0 Å². The molecular formula is C11H20N2. The zero-order valence-electron chi connectivity index (χ0n) is 8.39. The second-order valence-corrected chi connectivity index (χ2v) is 4.32. The van der Waals surface area contributed by atoms with E-state index in [-0.39, 0.29) is 0 Å². The minimum Gasteiger partial charge on any atom is -0.374 e. The number of rotatable bonds is 2. The van der Waals surface area contributed by atoms with Crippen LogP contribution in [0.15, 0.2) is 4.99 Å². The zero-order valence-corrected chi connectivity index (χ0v) is 8.39. The fourth-order valence-corrected chi connectivity index (χ4v) is 2.32. The van der Waals surface area contributed by atoms with Crippen molar-refractivity contribution in [3.8, 4) is 0 Å². The molecule has 0 atom stereocenters. The summed E-state index contributed by atoms with van der Waals surface area (Å²) in [6, 6.07) is 0. The van der Waals surface area contributed by atoms with E-state index in [0.717, 1.165) is 12.5 Å². The second kappa shape index (κ2) is 4.64. The van der Waals surface area contributed by atoms with E-state index in [4.69, 9.17) is 0 Å². The molecule has 2 heteroatoms. The van der Waals surface area contributed by atoms with Crippen LogP contribution in [0.2, 0.25) is 0 Å². The lowest BCUT2D eigenvalue weighted by Gasteiger charge is -2.16. The van der Waals surface area contributed by atoms with E-state index in [2.05, 4.69) is 10.3 Å². The Hall–Kier alpha value is -0.530. The number of nitrogens with one attached hydrogen (secondary N) is 1. The number of aliphatic imine (C=N–C) groups is 1. The average molecular weight is 180 g/mol. The highest BCUT2D eigenvalue weighted by Gasteiger charge is 2.15. The van der Waals surface area contributed by atoms with E-state index < -0.39 is 0 Å². The van der Waals surface area contributed by atoms with Crippen LogP contribution < -0.4 is 5.32 Å². The van der Waals surface area contributed by atoms with Gasteiger partial charge in [0.25, 0.3) is 0 Å². The lowest BCUT2D eigenvalue weighted by Crippen LogP contribution is -2.30. The van der Waals surface area contributed by atoms with Gasteiger partial charge in [-0.3, -0.25) is 4.99 Å². The van der Waals surface area contributed by atoms with Gasteiger partial charge in [0.15, 0.2) is 0 Å². The summed E-state index contributed by atoms with van der Waals surface area (Å²) < 4.78 is 0. The van der Waals surface area contributed by atoms with Crippen LogP contribution in [0.4, 0.5) is 0 Å². The molecule has 0 unspecified atom stereocenters. The predicted molar refractivity (Wildman–Crippen MR) is 56.1 cm³/mol. The zero-order chi connectivity index (χ0) is 8.93. The standard InChI is InChI=1S/C11H20N2/c1-2-6-10(5-1)9-13-11-7-3-4-8-12-11/h10H,1-9H2,(H,12,13). The first kappa shape index (κ1) is 9.04. The molecule has 0 radical (unpaired) electrons. The highest BCUT2D eigenvalue weighted by molar-refractivity contribution is 5.82. The van der Waals surface area contributed by atoms with E-state index in [1.165, 1.54) is 57.3 Å². The maximum Gasteiger partial charge on any atom is 0.0963 e. The highest BCUT2D eigenvalue weighted by Crippen LogP contribution is 2.23. The minimum absolute atomic E-state index is 0.935. The van der Waals surface area contributed by atoms with Crippen LogP contribution in [-0.2, 0) is 0 Å². The van der Waals surface area contributed by atoms with Gasteiger partial charge in [-0.2, -0.15) is 0 Å². The molecule has 1 saturated carbocycles. The Morgan fingerprint density at radius 2 is 2.00 bits per heavy atom. The quantitative estimate of drug-likeness (QED) is 0.693. The van der Waals surface area contributed by atoms with Crippen molar-refractivity contribution in [3.05, 3.63) is 0 Å². The smallest absolute Gasteiger partial charge is 0.0963 e. The predicted octanol–water partition coefficient (Wildman–Crippen LogP) is 2.35. The molecule has 2 nitrogen and oxygen atoms in total. The molecule has 2 aliphatic rings. The van der Waals surface area contributed by atoms with Crippen LogP contribution in [0.1, 0.15) is 44.9 Å². The minimum atomic E-state index is 0.935. The normalized spacial score (nSPS) is 24.5. The van der Waals surface area contributed by atoms with Crippen LogP contribution >= 0.6 is 0 Å².